The molecule has 0 aromatic heterocycles. The number of carbonyl (C=O) groups excluding carboxylic acids is 2. The molecule has 0 spiro atoms. The summed E-state index contributed by atoms with van der Waals surface area (Å²) in [5.41, 5.74) is -0.659. The van der Waals surface area contributed by atoms with Gasteiger partial charge in [-0.15, -0.1) is 0 Å². The van der Waals surface area contributed by atoms with Gasteiger partial charge < -0.3 is 10.4 Å². The maximum absolute atomic E-state index is 12.2. The number of amides is 1. The summed E-state index contributed by atoms with van der Waals surface area (Å²) in [6, 6.07) is 12.2. The van der Waals surface area contributed by atoms with Crippen LogP contribution in [0.2, 0.25) is 10.0 Å². The van der Waals surface area contributed by atoms with Crippen LogP contribution in [0, 0.1) is 0 Å². The number of carbonyl (C=O) groups is 2. The molecular weight excluding hydrogens is 349 g/mol. The van der Waals surface area contributed by atoms with E-state index >= 15 is 0 Å². The summed E-state index contributed by atoms with van der Waals surface area (Å²) in [6.07, 6.45) is 2.56. The topological polar surface area (TPSA) is 66.4 Å². The van der Waals surface area contributed by atoms with E-state index in [2.05, 4.69) is 5.32 Å². The van der Waals surface area contributed by atoms with Crippen molar-refractivity contribution in [2.75, 3.05) is 5.32 Å². The molecule has 0 radical (unpaired) electrons. The molecule has 3 rings (SSSR count). The molecule has 1 aliphatic rings. The van der Waals surface area contributed by atoms with E-state index in [9.17, 15) is 14.7 Å². The second-order valence-electron chi connectivity index (χ2n) is 5.51. The first-order valence-corrected chi connectivity index (χ1v) is 7.95. The van der Waals surface area contributed by atoms with Gasteiger partial charge in [-0.05, 0) is 23.8 Å². The van der Waals surface area contributed by atoms with Crippen LogP contribution in [-0.2, 0) is 15.2 Å². The van der Waals surface area contributed by atoms with Crippen molar-refractivity contribution in [1.82, 2.24) is 0 Å². The summed E-state index contributed by atoms with van der Waals surface area (Å²) in [4.78, 5) is 24.4. The van der Waals surface area contributed by atoms with Crippen LogP contribution in [0.3, 0.4) is 0 Å². The van der Waals surface area contributed by atoms with E-state index in [1.807, 2.05) is 30.3 Å². The Morgan fingerprint density at radius 3 is 2.62 bits per heavy atom. The lowest BCUT2D eigenvalue weighted by molar-refractivity contribution is -0.138. The molecule has 0 bridgehead atoms. The van der Waals surface area contributed by atoms with Crippen LogP contribution < -0.4 is 5.32 Å². The normalized spacial score (nSPS) is 19.4. The lowest BCUT2D eigenvalue weighted by Crippen LogP contribution is -2.36. The number of hydrogen-bond acceptors (Lipinski definition) is 3. The van der Waals surface area contributed by atoms with Crippen molar-refractivity contribution in [1.29, 1.82) is 0 Å². The largest absolute Gasteiger partial charge is 0.375 e. The molecule has 0 fully saturated rings. The minimum Gasteiger partial charge on any atom is -0.375 e. The number of anilines is 1. The van der Waals surface area contributed by atoms with Gasteiger partial charge in [-0.2, -0.15) is 0 Å². The fourth-order valence-corrected chi connectivity index (χ4v) is 3.31. The maximum Gasteiger partial charge on any atom is 0.261 e. The maximum atomic E-state index is 12.2. The first-order valence-electron chi connectivity index (χ1n) is 7.19. The van der Waals surface area contributed by atoms with Crippen LogP contribution in [0.4, 0.5) is 5.69 Å². The first-order chi connectivity index (χ1) is 11.4. The number of halogens is 2. The Labute approximate surface area is 148 Å². The van der Waals surface area contributed by atoms with Crippen LogP contribution >= 0.6 is 23.2 Å². The highest BCUT2D eigenvalue weighted by atomic mass is 35.5. The Hall–Kier alpha value is -2.14. The van der Waals surface area contributed by atoms with Gasteiger partial charge in [-0.1, -0.05) is 59.6 Å². The lowest BCUT2D eigenvalue weighted by atomic mass is 9.89. The van der Waals surface area contributed by atoms with Crippen molar-refractivity contribution in [3.05, 3.63) is 69.7 Å². The van der Waals surface area contributed by atoms with Crippen molar-refractivity contribution >= 4 is 46.7 Å². The van der Waals surface area contributed by atoms with E-state index in [0.717, 1.165) is 5.56 Å². The fraction of sp³-hybridized carbons (Fsp3) is 0.111. The molecule has 0 aliphatic carbocycles. The van der Waals surface area contributed by atoms with E-state index in [4.69, 9.17) is 23.2 Å². The average molecular weight is 362 g/mol. The van der Waals surface area contributed by atoms with Gasteiger partial charge in [0.05, 0.1) is 17.1 Å². The van der Waals surface area contributed by atoms with Gasteiger partial charge in [0.15, 0.2) is 11.4 Å². The highest BCUT2D eigenvalue weighted by Gasteiger charge is 2.48. The Balaban J connectivity index is 1.86. The number of benzene rings is 2. The van der Waals surface area contributed by atoms with Crippen molar-refractivity contribution in [2.24, 2.45) is 0 Å². The number of allylic oxidation sites excluding steroid dienone is 1. The molecule has 24 heavy (non-hydrogen) atoms. The average Bonchev–Trinajstić information content (AvgIpc) is 2.77. The summed E-state index contributed by atoms with van der Waals surface area (Å²) < 4.78 is 0. The van der Waals surface area contributed by atoms with Crippen LogP contribution in [0.1, 0.15) is 17.5 Å². The zero-order chi connectivity index (χ0) is 17.3. The van der Waals surface area contributed by atoms with E-state index in [1.54, 1.807) is 6.08 Å². The second kappa shape index (κ2) is 6.40. The Morgan fingerprint density at radius 2 is 1.92 bits per heavy atom. The minimum absolute atomic E-state index is 0.137. The van der Waals surface area contributed by atoms with Crippen molar-refractivity contribution < 1.29 is 14.7 Å². The number of nitrogens with one attached hydrogen (secondary N) is 1. The van der Waals surface area contributed by atoms with Crippen LogP contribution in [0.5, 0.6) is 0 Å². The smallest absolute Gasteiger partial charge is 0.261 e. The van der Waals surface area contributed by atoms with Gasteiger partial charge in [0, 0.05) is 10.6 Å². The molecule has 0 saturated heterocycles. The van der Waals surface area contributed by atoms with E-state index in [-0.39, 0.29) is 10.6 Å². The highest BCUT2D eigenvalue weighted by Crippen LogP contribution is 2.44. The molecule has 2 aromatic carbocycles. The van der Waals surface area contributed by atoms with Crippen molar-refractivity contribution in [3.63, 3.8) is 0 Å². The SMILES string of the molecule is O=C(/C=C/c1ccccc1)C[C@]1(O)C(=O)Nc2cc(Cl)cc(Cl)c21. The third-order valence-electron chi connectivity index (χ3n) is 3.78. The number of fused-ring (bicyclic) bond motifs is 1. The highest BCUT2D eigenvalue weighted by molar-refractivity contribution is 6.36. The molecule has 2 aromatic rings. The minimum atomic E-state index is -2.00. The predicted molar refractivity (Wildman–Crippen MR) is 94.1 cm³/mol. The molecule has 2 N–H and O–H groups in total. The number of hydrogen-bond donors (Lipinski definition) is 2. The Kier molecular flexibility index (Phi) is 4.45. The third kappa shape index (κ3) is 3.08. The number of ketones is 1. The van der Waals surface area contributed by atoms with Crippen LogP contribution in [0.15, 0.2) is 48.5 Å². The summed E-state index contributed by atoms with van der Waals surface area (Å²) >= 11 is 12.0. The van der Waals surface area contributed by atoms with Crippen LogP contribution in [0.25, 0.3) is 6.08 Å². The van der Waals surface area contributed by atoms with Crippen molar-refractivity contribution in [2.45, 2.75) is 12.0 Å². The molecule has 1 amide bonds. The number of rotatable bonds is 4. The van der Waals surface area contributed by atoms with Gasteiger partial charge in [-0.3, -0.25) is 9.59 Å². The summed E-state index contributed by atoms with van der Waals surface area (Å²) in [5, 5.41) is 13.7. The fourth-order valence-electron chi connectivity index (χ4n) is 2.66. The quantitative estimate of drug-likeness (QED) is 0.813. The molecule has 0 saturated carbocycles. The van der Waals surface area contributed by atoms with E-state index in [1.165, 1.54) is 18.2 Å². The molecular formula is C18H13Cl2NO3. The van der Waals surface area contributed by atoms with Crippen LogP contribution in [-0.4, -0.2) is 16.8 Å². The van der Waals surface area contributed by atoms with Gasteiger partial charge in [0.1, 0.15) is 0 Å². The molecule has 1 heterocycles. The molecule has 0 unspecified atom stereocenters. The monoisotopic (exact) mass is 361 g/mol. The molecule has 1 aliphatic heterocycles. The third-order valence-corrected chi connectivity index (χ3v) is 4.30. The summed E-state index contributed by atoms with van der Waals surface area (Å²) in [5.74, 6) is -1.08. The van der Waals surface area contributed by atoms with Gasteiger partial charge in [-0.25, -0.2) is 0 Å². The Bertz CT molecular complexity index is 849. The van der Waals surface area contributed by atoms with Crippen molar-refractivity contribution in [3.8, 4) is 0 Å². The lowest BCUT2D eigenvalue weighted by Gasteiger charge is -2.20. The van der Waals surface area contributed by atoms with E-state index in [0.29, 0.717) is 10.7 Å². The first kappa shape index (κ1) is 16.7. The van der Waals surface area contributed by atoms with Gasteiger partial charge in [0.25, 0.3) is 5.91 Å². The standard InChI is InChI=1S/C18H13Cl2NO3/c19-12-8-14(20)16-15(9-12)21-17(23)18(16,24)10-13(22)7-6-11-4-2-1-3-5-11/h1-9,24H,10H2,(H,21,23)/b7-6+/t18-/m1/s1. The summed E-state index contributed by atoms with van der Waals surface area (Å²) in [7, 11) is 0. The zero-order valence-corrected chi connectivity index (χ0v) is 13.9. The van der Waals surface area contributed by atoms with Gasteiger partial charge in [0.2, 0.25) is 0 Å². The Morgan fingerprint density at radius 1 is 1.21 bits per heavy atom. The molecule has 1 atom stereocenters. The zero-order valence-electron chi connectivity index (χ0n) is 12.4. The van der Waals surface area contributed by atoms with Gasteiger partial charge >= 0.3 is 0 Å². The second-order valence-corrected chi connectivity index (χ2v) is 6.36. The summed E-state index contributed by atoms with van der Waals surface area (Å²) in [6.45, 7) is 0. The predicted octanol–water partition coefficient (Wildman–Crippen LogP) is 3.81. The molecule has 6 heteroatoms. The molecule has 4 nitrogen and oxygen atoms in total. The van der Waals surface area contributed by atoms with E-state index < -0.39 is 23.7 Å². The number of aliphatic hydroxyl groups is 1. The molecule has 122 valence electrons.